The molecule has 0 saturated carbocycles. The summed E-state index contributed by atoms with van der Waals surface area (Å²) in [6.45, 7) is 8.17. The first-order chi connectivity index (χ1) is 8.66. The highest BCUT2D eigenvalue weighted by molar-refractivity contribution is 5.81. The van der Waals surface area contributed by atoms with Crippen LogP contribution in [-0.4, -0.2) is 36.5 Å². The van der Waals surface area contributed by atoms with Crippen LogP contribution in [0.4, 0.5) is 11.6 Å². The van der Waals surface area contributed by atoms with Crippen LogP contribution in [0.2, 0.25) is 0 Å². The van der Waals surface area contributed by atoms with Crippen molar-refractivity contribution in [3.05, 3.63) is 11.4 Å². The molecule has 0 unspecified atom stereocenters. The molecule has 3 N–H and O–H groups in total. The second kappa shape index (κ2) is 5.42. The molecule has 1 amide bonds. The van der Waals surface area contributed by atoms with E-state index in [0.717, 1.165) is 5.56 Å². The minimum atomic E-state index is -0.190. The fraction of sp³-hybridized carbons (Fsp3) is 0.615. The van der Waals surface area contributed by atoms with E-state index in [1.54, 1.807) is 11.9 Å². The standard InChI is InChI=1S/C13H23N5O/c1-8-10(14)16-12(13(2,3)4)17-11(8)18(6)7-9(19)15-5/h7H2,1-6H3,(H,15,19)(H2,14,16,17). The van der Waals surface area contributed by atoms with Crippen LogP contribution < -0.4 is 16.0 Å². The average Bonchev–Trinajstić information content (AvgIpc) is 2.30. The van der Waals surface area contributed by atoms with Gasteiger partial charge >= 0.3 is 0 Å². The van der Waals surface area contributed by atoms with Crippen LogP contribution in [0.3, 0.4) is 0 Å². The number of rotatable bonds is 3. The summed E-state index contributed by atoms with van der Waals surface area (Å²) < 4.78 is 0. The van der Waals surface area contributed by atoms with Crippen molar-refractivity contribution >= 4 is 17.5 Å². The van der Waals surface area contributed by atoms with Crippen LogP contribution in [0, 0.1) is 6.92 Å². The Morgan fingerprint density at radius 1 is 1.37 bits per heavy atom. The molecule has 0 aliphatic rings. The number of nitrogens with two attached hydrogens (primary N) is 1. The molecule has 0 fully saturated rings. The maximum absolute atomic E-state index is 11.4. The zero-order valence-corrected chi connectivity index (χ0v) is 12.5. The second-order valence-corrected chi connectivity index (χ2v) is 5.66. The predicted molar refractivity (Wildman–Crippen MR) is 77.2 cm³/mol. The Labute approximate surface area is 114 Å². The molecular weight excluding hydrogens is 242 g/mol. The molecule has 0 aliphatic carbocycles. The topological polar surface area (TPSA) is 84.1 Å². The van der Waals surface area contributed by atoms with Gasteiger partial charge in [-0.15, -0.1) is 0 Å². The number of aromatic nitrogens is 2. The lowest BCUT2D eigenvalue weighted by atomic mass is 9.95. The van der Waals surface area contributed by atoms with Crippen LogP contribution >= 0.6 is 0 Å². The molecule has 0 aromatic carbocycles. The van der Waals surface area contributed by atoms with E-state index < -0.39 is 0 Å². The Hall–Kier alpha value is -1.85. The predicted octanol–water partition coefficient (Wildman–Crippen LogP) is 0.847. The van der Waals surface area contributed by atoms with E-state index in [-0.39, 0.29) is 17.9 Å². The summed E-state index contributed by atoms with van der Waals surface area (Å²) in [5.74, 6) is 1.76. The monoisotopic (exact) mass is 265 g/mol. The molecule has 106 valence electrons. The summed E-state index contributed by atoms with van der Waals surface area (Å²) in [6.07, 6.45) is 0. The largest absolute Gasteiger partial charge is 0.383 e. The van der Waals surface area contributed by atoms with Crippen molar-refractivity contribution in [3.63, 3.8) is 0 Å². The molecule has 19 heavy (non-hydrogen) atoms. The minimum absolute atomic E-state index is 0.0728. The van der Waals surface area contributed by atoms with E-state index >= 15 is 0 Å². The summed E-state index contributed by atoms with van der Waals surface area (Å²) in [5, 5.41) is 2.59. The lowest BCUT2D eigenvalue weighted by Crippen LogP contribution is -2.34. The Bertz CT molecular complexity index is 479. The Morgan fingerprint density at radius 3 is 2.42 bits per heavy atom. The SMILES string of the molecule is CNC(=O)CN(C)c1nc(C(C)(C)C)nc(N)c1C. The van der Waals surface area contributed by atoms with Gasteiger partial charge < -0.3 is 16.0 Å². The van der Waals surface area contributed by atoms with Crippen molar-refractivity contribution in [1.82, 2.24) is 15.3 Å². The molecule has 6 nitrogen and oxygen atoms in total. The van der Waals surface area contributed by atoms with Crippen molar-refractivity contribution in [2.24, 2.45) is 0 Å². The maximum Gasteiger partial charge on any atom is 0.239 e. The highest BCUT2D eigenvalue weighted by atomic mass is 16.1. The van der Waals surface area contributed by atoms with Gasteiger partial charge in [0.25, 0.3) is 0 Å². The fourth-order valence-electron chi connectivity index (χ4n) is 1.60. The van der Waals surface area contributed by atoms with Crippen LogP contribution in [0.25, 0.3) is 0 Å². The molecule has 1 rings (SSSR count). The second-order valence-electron chi connectivity index (χ2n) is 5.66. The third-order valence-electron chi connectivity index (χ3n) is 2.85. The number of nitrogen functional groups attached to an aromatic ring is 1. The van der Waals surface area contributed by atoms with Crippen LogP contribution in [-0.2, 0) is 10.2 Å². The number of amides is 1. The van der Waals surface area contributed by atoms with Crippen molar-refractivity contribution in [2.45, 2.75) is 33.1 Å². The summed E-state index contributed by atoms with van der Waals surface area (Å²) in [7, 11) is 3.43. The van der Waals surface area contributed by atoms with Crippen molar-refractivity contribution in [3.8, 4) is 0 Å². The highest BCUT2D eigenvalue weighted by Crippen LogP contribution is 2.26. The number of nitrogens with one attached hydrogen (secondary N) is 1. The van der Waals surface area contributed by atoms with Gasteiger partial charge in [-0.3, -0.25) is 4.79 Å². The number of carbonyl (C=O) groups excluding carboxylic acids is 1. The van der Waals surface area contributed by atoms with Gasteiger partial charge in [0.15, 0.2) is 0 Å². The molecule has 0 aliphatic heterocycles. The molecule has 0 atom stereocenters. The first-order valence-electron chi connectivity index (χ1n) is 6.23. The highest BCUT2D eigenvalue weighted by Gasteiger charge is 2.22. The smallest absolute Gasteiger partial charge is 0.239 e. The van der Waals surface area contributed by atoms with E-state index in [0.29, 0.717) is 17.5 Å². The minimum Gasteiger partial charge on any atom is -0.383 e. The molecule has 1 heterocycles. The lowest BCUT2D eigenvalue weighted by molar-refractivity contribution is -0.119. The van der Waals surface area contributed by atoms with E-state index in [1.165, 1.54) is 0 Å². The Morgan fingerprint density at radius 2 is 1.95 bits per heavy atom. The van der Waals surface area contributed by atoms with Crippen molar-refractivity contribution in [2.75, 3.05) is 31.3 Å². The van der Waals surface area contributed by atoms with Gasteiger partial charge in [-0.1, -0.05) is 20.8 Å². The summed E-state index contributed by atoms with van der Waals surface area (Å²) >= 11 is 0. The van der Waals surface area contributed by atoms with Crippen LogP contribution in [0.1, 0.15) is 32.2 Å². The van der Waals surface area contributed by atoms with E-state index in [1.807, 2.05) is 34.7 Å². The van der Waals surface area contributed by atoms with Gasteiger partial charge in [0.05, 0.1) is 6.54 Å². The van der Waals surface area contributed by atoms with E-state index in [2.05, 4.69) is 15.3 Å². The average molecular weight is 265 g/mol. The van der Waals surface area contributed by atoms with Gasteiger partial charge in [-0.05, 0) is 6.92 Å². The number of carbonyl (C=O) groups is 1. The number of nitrogens with zero attached hydrogens (tertiary/aromatic N) is 3. The van der Waals surface area contributed by atoms with Crippen molar-refractivity contribution < 1.29 is 4.79 Å². The fourth-order valence-corrected chi connectivity index (χ4v) is 1.60. The summed E-state index contributed by atoms with van der Waals surface area (Å²) in [5.41, 5.74) is 6.54. The molecule has 1 aromatic rings. The van der Waals surface area contributed by atoms with E-state index in [4.69, 9.17) is 5.73 Å². The number of hydrogen-bond donors (Lipinski definition) is 2. The third-order valence-corrected chi connectivity index (χ3v) is 2.85. The summed E-state index contributed by atoms with van der Waals surface area (Å²) in [6, 6.07) is 0. The van der Waals surface area contributed by atoms with Gasteiger partial charge in [0.2, 0.25) is 5.91 Å². The molecule has 0 radical (unpaired) electrons. The van der Waals surface area contributed by atoms with E-state index in [9.17, 15) is 4.79 Å². The number of likely N-dealkylation sites (N-methyl/N-ethyl adjacent to an activating group) is 2. The maximum atomic E-state index is 11.4. The van der Waals surface area contributed by atoms with Crippen LogP contribution in [0.5, 0.6) is 0 Å². The van der Waals surface area contributed by atoms with Gasteiger partial charge in [-0.2, -0.15) is 0 Å². The van der Waals surface area contributed by atoms with Gasteiger partial charge in [0.1, 0.15) is 17.5 Å². The quantitative estimate of drug-likeness (QED) is 0.846. The molecule has 0 bridgehead atoms. The molecular formula is C13H23N5O. The van der Waals surface area contributed by atoms with Gasteiger partial charge in [0, 0.05) is 25.1 Å². The zero-order valence-electron chi connectivity index (χ0n) is 12.5. The zero-order chi connectivity index (χ0) is 14.8. The summed E-state index contributed by atoms with van der Waals surface area (Å²) in [4.78, 5) is 22.1. The third kappa shape index (κ3) is 3.56. The first-order valence-corrected chi connectivity index (χ1v) is 6.23. The Kier molecular flexibility index (Phi) is 4.34. The lowest BCUT2D eigenvalue weighted by Gasteiger charge is -2.24. The van der Waals surface area contributed by atoms with Crippen molar-refractivity contribution in [1.29, 1.82) is 0 Å². The normalized spacial score (nSPS) is 11.3. The molecule has 6 heteroatoms. The first kappa shape index (κ1) is 15.2. The molecule has 1 aromatic heterocycles. The Balaban J connectivity index is 3.19. The van der Waals surface area contributed by atoms with Gasteiger partial charge in [-0.25, -0.2) is 9.97 Å². The van der Waals surface area contributed by atoms with Crippen LogP contribution in [0.15, 0.2) is 0 Å². The molecule has 0 spiro atoms. The number of anilines is 2. The molecule has 0 saturated heterocycles. The number of hydrogen-bond acceptors (Lipinski definition) is 5.